The largest absolute Gasteiger partial charge is 0.481 e. The number of aliphatic carboxylic acids is 1. The van der Waals surface area contributed by atoms with Crippen LogP contribution in [-0.4, -0.2) is 41.5 Å². The summed E-state index contributed by atoms with van der Waals surface area (Å²) in [5.41, 5.74) is 5.50. The molecule has 0 radical (unpaired) electrons. The molecule has 0 aromatic carbocycles. The van der Waals surface area contributed by atoms with Crippen molar-refractivity contribution in [1.82, 2.24) is 4.90 Å². The molecule has 0 aromatic heterocycles. The van der Waals surface area contributed by atoms with Gasteiger partial charge in [-0.2, -0.15) is 0 Å². The number of amides is 1. The molecule has 0 spiro atoms. The average molecular weight is 242 g/mol. The third kappa shape index (κ3) is 4.00. The van der Waals surface area contributed by atoms with E-state index in [1.165, 1.54) is 0 Å². The lowest BCUT2D eigenvalue weighted by Gasteiger charge is -2.37. The van der Waals surface area contributed by atoms with E-state index in [0.29, 0.717) is 32.0 Å². The Labute approximate surface area is 102 Å². The van der Waals surface area contributed by atoms with Crippen LogP contribution >= 0.6 is 0 Å². The van der Waals surface area contributed by atoms with E-state index in [2.05, 4.69) is 6.92 Å². The minimum atomic E-state index is -0.802. The molecule has 1 aliphatic heterocycles. The highest BCUT2D eigenvalue weighted by atomic mass is 16.4. The molecular weight excluding hydrogens is 220 g/mol. The number of nitrogens with zero attached hydrogens (tertiary/aromatic N) is 1. The van der Waals surface area contributed by atoms with Gasteiger partial charge in [-0.15, -0.1) is 0 Å². The van der Waals surface area contributed by atoms with Crippen molar-refractivity contribution in [1.29, 1.82) is 0 Å². The predicted molar refractivity (Wildman–Crippen MR) is 64.4 cm³/mol. The summed E-state index contributed by atoms with van der Waals surface area (Å²) in [6.07, 6.45) is 3.38. The first-order valence-electron chi connectivity index (χ1n) is 6.29. The van der Waals surface area contributed by atoms with E-state index in [0.717, 1.165) is 19.3 Å². The smallest absolute Gasteiger partial charge is 0.310 e. The van der Waals surface area contributed by atoms with Gasteiger partial charge in [0.1, 0.15) is 0 Å². The molecule has 17 heavy (non-hydrogen) atoms. The first-order chi connectivity index (χ1) is 8.08. The SMILES string of the molecule is CCC(CCN)CCC(=O)N1CC(C(=O)O)C1. The molecule has 1 unspecified atom stereocenters. The molecule has 0 aliphatic carbocycles. The van der Waals surface area contributed by atoms with Crippen molar-refractivity contribution in [3.63, 3.8) is 0 Å². The Morgan fingerprint density at radius 3 is 2.53 bits per heavy atom. The van der Waals surface area contributed by atoms with Crippen LogP contribution in [0.15, 0.2) is 0 Å². The molecule has 1 atom stereocenters. The van der Waals surface area contributed by atoms with Crippen molar-refractivity contribution in [2.75, 3.05) is 19.6 Å². The maximum Gasteiger partial charge on any atom is 0.310 e. The number of carboxylic acids is 1. The van der Waals surface area contributed by atoms with Gasteiger partial charge in [-0.25, -0.2) is 0 Å². The van der Waals surface area contributed by atoms with Crippen LogP contribution in [-0.2, 0) is 9.59 Å². The summed E-state index contributed by atoms with van der Waals surface area (Å²) in [6.45, 7) is 3.52. The van der Waals surface area contributed by atoms with E-state index in [9.17, 15) is 9.59 Å². The topological polar surface area (TPSA) is 83.6 Å². The fourth-order valence-corrected chi connectivity index (χ4v) is 2.11. The van der Waals surface area contributed by atoms with Gasteiger partial charge in [-0.1, -0.05) is 13.3 Å². The van der Waals surface area contributed by atoms with Crippen molar-refractivity contribution in [2.24, 2.45) is 17.6 Å². The van der Waals surface area contributed by atoms with E-state index in [4.69, 9.17) is 10.8 Å². The van der Waals surface area contributed by atoms with E-state index < -0.39 is 5.97 Å². The molecule has 5 nitrogen and oxygen atoms in total. The number of hydrogen-bond donors (Lipinski definition) is 2. The van der Waals surface area contributed by atoms with Crippen molar-refractivity contribution in [3.8, 4) is 0 Å². The predicted octanol–water partition coefficient (Wildman–Crippen LogP) is 0.685. The molecule has 1 amide bonds. The summed E-state index contributed by atoms with van der Waals surface area (Å²) in [5, 5.41) is 8.71. The number of likely N-dealkylation sites (tertiary alicyclic amines) is 1. The minimum Gasteiger partial charge on any atom is -0.481 e. The van der Waals surface area contributed by atoms with Crippen molar-refractivity contribution < 1.29 is 14.7 Å². The van der Waals surface area contributed by atoms with Gasteiger partial charge >= 0.3 is 5.97 Å². The van der Waals surface area contributed by atoms with Crippen LogP contribution in [0.1, 0.15) is 32.6 Å². The molecule has 1 heterocycles. The van der Waals surface area contributed by atoms with Crippen LogP contribution in [0.2, 0.25) is 0 Å². The van der Waals surface area contributed by atoms with Gasteiger partial charge in [0.05, 0.1) is 5.92 Å². The monoisotopic (exact) mass is 242 g/mol. The number of hydrogen-bond acceptors (Lipinski definition) is 3. The number of carboxylic acid groups (broad SMARTS) is 1. The second-order valence-corrected chi connectivity index (χ2v) is 4.72. The third-order valence-corrected chi connectivity index (χ3v) is 3.50. The lowest BCUT2D eigenvalue weighted by Crippen LogP contribution is -2.53. The summed E-state index contributed by atoms with van der Waals surface area (Å²) in [4.78, 5) is 23.9. The summed E-state index contributed by atoms with van der Waals surface area (Å²) < 4.78 is 0. The van der Waals surface area contributed by atoms with Crippen LogP contribution in [0.3, 0.4) is 0 Å². The number of carbonyl (C=O) groups excluding carboxylic acids is 1. The van der Waals surface area contributed by atoms with Crippen molar-refractivity contribution in [2.45, 2.75) is 32.6 Å². The van der Waals surface area contributed by atoms with Gasteiger partial charge in [0.2, 0.25) is 5.91 Å². The molecule has 1 aliphatic rings. The van der Waals surface area contributed by atoms with E-state index in [-0.39, 0.29) is 11.8 Å². The quantitative estimate of drug-likeness (QED) is 0.688. The zero-order valence-corrected chi connectivity index (χ0v) is 10.4. The van der Waals surface area contributed by atoms with E-state index in [1.807, 2.05) is 0 Å². The highest BCUT2D eigenvalue weighted by Crippen LogP contribution is 2.20. The van der Waals surface area contributed by atoms with Crippen LogP contribution in [0.5, 0.6) is 0 Å². The Bertz CT molecular complexity index is 275. The fourth-order valence-electron chi connectivity index (χ4n) is 2.11. The molecule has 0 aromatic rings. The lowest BCUT2D eigenvalue weighted by atomic mass is 9.94. The molecule has 0 bridgehead atoms. The normalized spacial score (nSPS) is 17.6. The number of nitrogens with two attached hydrogens (primary N) is 1. The molecule has 1 rings (SSSR count). The average Bonchev–Trinajstić information content (AvgIpc) is 2.21. The van der Waals surface area contributed by atoms with Gasteiger partial charge in [0.25, 0.3) is 0 Å². The Morgan fingerprint density at radius 2 is 2.06 bits per heavy atom. The lowest BCUT2D eigenvalue weighted by molar-refractivity contribution is -0.152. The highest BCUT2D eigenvalue weighted by molar-refractivity contribution is 5.80. The molecule has 3 N–H and O–H groups in total. The summed E-state index contributed by atoms with van der Waals surface area (Å²) in [6, 6.07) is 0. The van der Waals surface area contributed by atoms with E-state index in [1.54, 1.807) is 4.90 Å². The molecule has 0 saturated carbocycles. The zero-order valence-electron chi connectivity index (χ0n) is 10.4. The summed E-state index contributed by atoms with van der Waals surface area (Å²) >= 11 is 0. The molecule has 5 heteroatoms. The maximum atomic E-state index is 11.7. The van der Waals surface area contributed by atoms with Crippen LogP contribution in [0, 0.1) is 11.8 Å². The van der Waals surface area contributed by atoms with Crippen molar-refractivity contribution in [3.05, 3.63) is 0 Å². The van der Waals surface area contributed by atoms with Gasteiger partial charge < -0.3 is 15.7 Å². The molecular formula is C12H22N2O3. The Hall–Kier alpha value is -1.10. The zero-order chi connectivity index (χ0) is 12.8. The Morgan fingerprint density at radius 1 is 1.41 bits per heavy atom. The Kier molecular flexibility index (Phi) is 5.41. The second-order valence-electron chi connectivity index (χ2n) is 4.72. The highest BCUT2D eigenvalue weighted by Gasteiger charge is 2.35. The van der Waals surface area contributed by atoms with Crippen LogP contribution < -0.4 is 5.73 Å². The standard InChI is InChI=1S/C12H22N2O3/c1-2-9(5-6-13)3-4-11(15)14-7-10(8-14)12(16)17/h9-10H,2-8,13H2,1H3,(H,16,17). The molecule has 1 saturated heterocycles. The van der Waals surface area contributed by atoms with E-state index >= 15 is 0 Å². The van der Waals surface area contributed by atoms with Gasteiger partial charge in [0, 0.05) is 19.5 Å². The first-order valence-corrected chi connectivity index (χ1v) is 6.29. The summed E-state index contributed by atoms with van der Waals surface area (Å²) in [5.74, 6) is -0.563. The fraction of sp³-hybridized carbons (Fsp3) is 0.833. The first kappa shape index (κ1) is 14.0. The number of rotatable bonds is 7. The molecule has 1 fully saturated rings. The molecule has 98 valence electrons. The third-order valence-electron chi connectivity index (χ3n) is 3.50. The van der Waals surface area contributed by atoms with Crippen LogP contribution in [0.4, 0.5) is 0 Å². The maximum absolute atomic E-state index is 11.7. The Balaban J connectivity index is 2.20. The van der Waals surface area contributed by atoms with Gasteiger partial charge in [0.15, 0.2) is 0 Å². The van der Waals surface area contributed by atoms with Crippen molar-refractivity contribution >= 4 is 11.9 Å². The van der Waals surface area contributed by atoms with Crippen LogP contribution in [0.25, 0.3) is 0 Å². The van der Waals surface area contributed by atoms with Gasteiger partial charge in [-0.05, 0) is 25.3 Å². The second kappa shape index (κ2) is 6.59. The minimum absolute atomic E-state index is 0.0815. The number of carbonyl (C=O) groups is 2. The van der Waals surface area contributed by atoms with Gasteiger partial charge in [-0.3, -0.25) is 9.59 Å². The summed E-state index contributed by atoms with van der Waals surface area (Å²) in [7, 11) is 0.